The summed E-state index contributed by atoms with van der Waals surface area (Å²) in [5.41, 5.74) is 3.54. The molecule has 216 valence electrons. The van der Waals surface area contributed by atoms with Gasteiger partial charge in [0.25, 0.3) is 0 Å². The number of allylic oxidation sites excluding steroid dienone is 3. The Balaban J connectivity index is 1.51. The van der Waals surface area contributed by atoms with Crippen LogP contribution in [0.2, 0.25) is 18.1 Å². The smallest absolute Gasteiger partial charge is 0.192 e. The summed E-state index contributed by atoms with van der Waals surface area (Å²) in [6.45, 7) is 28.6. The Labute approximate surface area is 237 Å². The largest absolute Gasteiger partial charge is 0.410 e. The van der Waals surface area contributed by atoms with Crippen LogP contribution in [-0.2, 0) is 9.16 Å². The number of ether oxygens (including phenoxy) is 1. The summed E-state index contributed by atoms with van der Waals surface area (Å²) in [7, 11) is 0.104. The van der Waals surface area contributed by atoms with E-state index >= 15 is 0 Å². The lowest BCUT2D eigenvalue weighted by molar-refractivity contribution is 0.0800. The first-order valence-corrected chi connectivity index (χ1v) is 18.8. The van der Waals surface area contributed by atoms with E-state index in [1.807, 2.05) is 7.11 Å². The van der Waals surface area contributed by atoms with Gasteiger partial charge in [0, 0.05) is 12.5 Å². The van der Waals surface area contributed by atoms with E-state index in [2.05, 4.69) is 86.7 Å². The van der Waals surface area contributed by atoms with Crippen LogP contribution in [0.3, 0.4) is 0 Å². The Morgan fingerprint density at radius 3 is 2.37 bits per heavy atom. The summed E-state index contributed by atoms with van der Waals surface area (Å²) in [4.78, 5) is 0. The average Bonchev–Trinajstić information content (AvgIpc) is 3.33. The van der Waals surface area contributed by atoms with Crippen LogP contribution < -0.4 is 0 Å². The van der Waals surface area contributed by atoms with E-state index in [0.717, 1.165) is 12.3 Å². The van der Waals surface area contributed by atoms with Gasteiger partial charge in [-0.3, -0.25) is 0 Å². The minimum atomic E-state index is -1.83. The van der Waals surface area contributed by atoms with E-state index < -0.39 is 8.32 Å². The van der Waals surface area contributed by atoms with Gasteiger partial charge in [0.15, 0.2) is 8.32 Å². The third kappa shape index (κ3) is 5.23. The van der Waals surface area contributed by atoms with Gasteiger partial charge >= 0.3 is 0 Å². The van der Waals surface area contributed by atoms with E-state index in [1.54, 1.807) is 5.57 Å². The molecule has 4 saturated carbocycles. The molecule has 38 heavy (non-hydrogen) atoms. The molecule has 0 bridgehead atoms. The van der Waals surface area contributed by atoms with Crippen molar-refractivity contribution < 1.29 is 9.16 Å². The molecule has 4 fully saturated rings. The molecule has 0 N–H and O–H groups in total. The van der Waals surface area contributed by atoms with Gasteiger partial charge in [0.05, 0.1) is 12.2 Å². The molecule has 0 radical (unpaired) electrons. The maximum atomic E-state index is 6.92. The van der Waals surface area contributed by atoms with Crippen molar-refractivity contribution in [3.05, 3.63) is 36.0 Å². The Morgan fingerprint density at radius 1 is 1.08 bits per heavy atom. The van der Waals surface area contributed by atoms with E-state index in [-0.39, 0.29) is 22.7 Å². The van der Waals surface area contributed by atoms with Gasteiger partial charge in [-0.05, 0) is 110 Å². The first-order chi connectivity index (χ1) is 17.6. The van der Waals surface area contributed by atoms with Crippen LogP contribution in [0.5, 0.6) is 0 Å². The van der Waals surface area contributed by atoms with Gasteiger partial charge in [-0.1, -0.05) is 85.8 Å². The topological polar surface area (TPSA) is 18.5 Å². The van der Waals surface area contributed by atoms with Crippen molar-refractivity contribution in [1.29, 1.82) is 0 Å². The van der Waals surface area contributed by atoms with Gasteiger partial charge in [0.2, 0.25) is 0 Å². The minimum Gasteiger partial charge on any atom is -0.410 e. The zero-order valence-corrected chi connectivity index (χ0v) is 27.8. The molecule has 0 heterocycles. The Bertz CT molecular complexity index is 938. The van der Waals surface area contributed by atoms with Gasteiger partial charge in [-0.25, -0.2) is 0 Å². The van der Waals surface area contributed by atoms with Gasteiger partial charge in [0.1, 0.15) is 0 Å². The zero-order valence-electron chi connectivity index (χ0n) is 26.8. The second kappa shape index (κ2) is 10.6. The van der Waals surface area contributed by atoms with Crippen LogP contribution in [0.25, 0.3) is 0 Å². The number of hydrogen-bond donors (Lipinski definition) is 0. The van der Waals surface area contributed by atoms with Crippen LogP contribution in [0.1, 0.15) is 100 Å². The lowest BCUT2D eigenvalue weighted by Gasteiger charge is -2.44. The second-order valence-electron chi connectivity index (χ2n) is 15.9. The highest BCUT2D eigenvalue weighted by molar-refractivity contribution is 6.74. The second-order valence-corrected chi connectivity index (χ2v) is 20.7. The Morgan fingerprint density at radius 2 is 1.76 bits per heavy atom. The molecule has 8 unspecified atom stereocenters. The normalized spacial score (nSPS) is 39.1. The van der Waals surface area contributed by atoms with Gasteiger partial charge < -0.3 is 9.16 Å². The van der Waals surface area contributed by atoms with Crippen LogP contribution >= 0.6 is 0 Å². The fourth-order valence-electron chi connectivity index (χ4n) is 8.39. The molecule has 4 aliphatic carbocycles. The third-order valence-corrected chi connectivity index (χ3v) is 16.9. The monoisotopic (exact) mass is 540 g/mol. The summed E-state index contributed by atoms with van der Waals surface area (Å²) in [6, 6.07) is 0. The van der Waals surface area contributed by atoms with Crippen molar-refractivity contribution in [1.82, 2.24) is 0 Å². The standard InChI is InChI=1S/C35H60O2Si/c1-23(2)24(3)15-16-25(4)29-17-18-30-27(14-13-19-34(29,30)9)20-32(36-10)35-22-28(35)21-31(26(35)5)37-38(11,12)33(6,7)8/h15-16,20,23-25,28-32H,5,13-14,17-19,21-22H2,1-4,6-12H3/b16-15+,27-20?/t24?,25-,28?,29?,30?,31?,32?,34?,35?/m0/s1. The number of rotatable bonds is 9. The van der Waals surface area contributed by atoms with Crippen LogP contribution in [0.15, 0.2) is 36.0 Å². The fourth-order valence-corrected chi connectivity index (χ4v) is 9.69. The highest BCUT2D eigenvalue weighted by Gasteiger charge is 2.67. The summed E-state index contributed by atoms with van der Waals surface area (Å²) in [5, 5.41) is 0.223. The van der Waals surface area contributed by atoms with Crippen molar-refractivity contribution in [2.75, 3.05) is 7.11 Å². The quantitative estimate of drug-likeness (QED) is 0.214. The van der Waals surface area contributed by atoms with Crippen molar-refractivity contribution in [2.45, 2.75) is 131 Å². The molecule has 0 aromatic rings. The number of methoxy groups -OCH3 is 1. The van der Waals surface area contributed by atoms with Crippen molar-refractivity contribution >= 4 is 8.32 Å². The summed E-state index contributed by atoms with van der Waals surface area (Å²) in [6.07, 6.45) is 17.0. The zero-order chi connectivity index (χ0) is 28.3. The first-order valence-electron chi connectivity index (χ1n) is 15.9. The SMILES string of the molecule is C=C1C(O[Si](C)(C)C(C)(C)C)CC2CC12C(C=C1CCCC2(C)C1CCC2[C@@H](C)/C=C/C(C)C(C)C)OC. The highest BCUT2D eigenvalue weighted by atomic mass is 28.4. The predicted molar refractivity (Wildman–Crippen MR) is 166 cm³/mol. The molecule has 0 amide bonds. The molecule has 0 spiro atoms. The van der Waals surface area contributed by atoms with Crippen LogP contribution in [0, 0.1) is 46.3 Å². The number of fused-ring (bicyclic) bond motifs is 2. The Kier molecular flexibility index (Phi) is 8.49. The lowest BCUT2D eigenvalue weighted by Crippen LogP contribution is -2.44. The lowest BCUT2D eigenvalue weighted by atomic mass is 9.61. The highest BCUT2D eigenvalue weighted by Crippen LogP contribution is 2.70. The van der Waals surface area contributed by atoms with Crippen LogP contribution in [0.4, 0.5) is 0 Å². The van der Waals surface area contributed by atoms with Crippen molar-refractivity contribution in [3.63, 3.8) is 0 Å². The van der Waals surface area contributed by atoms with E-state index in [4.69, 9.17) is 15.7 Å². The molecular formula is C35H60O2Si. The molecule has 0 aromatic carbocycles. The molecule has 0 aromatic heterocycles. The summed E-state index contributed by atoms with van der Waals surface area (Å²) >= 11 is 0. The van der Waals surface area contributed by atoms with Crippen molar-refractivity contribution in [3.8, 4) is 0 Å². The molecular weight excluding hydrogens is 480 g/mol. The number of hydrogen-bond acceptors (Lipinski definition) is 2. The molecule has 4 rings (SSSR count). The minimum absolute atomic E-state index is 0.101. The van der Waals surface area contributed by atoms with E-state index in [1.165, 1.54) is 44.1 Å². The molecule has 9 atom stereocenters. The van der Waals surface area contributed by atoms with Gasteiger partial charge in [-0.15, -0.1) is 0 Å². The first kappa shape index (κ1) is 30.3. The van der Waals surface area contributed by atoms with Gasteiger partial charge in [-0.2, -0.15) is 0 Å². The summed E-state index contributed by atoms with van der Waals surface area (Å²) < 4.78 is 13.3. The predicted octanol–water partition coefficient (Wildman–Crippen LogP) is 9.99. The molecule has 0 saturated heterocycles. The molecule has 4 aliphatic rings. The maximum absolute atomic E-state index is 6.92. The van der Waals surface area contributed by atoms with E-state index in [9.17, 15) is 0 Å². The Hall–Kier alpha value is -0.643. The maximum Gasteiger partial charge on any atom is 0.192 e. The fraction of sp³-hybridized carbons (Fsp3) is 0.829. The molecule has 0 aliphatic heterocycles. The summed E-state index contributed by atoms with van der Waals surface area (Å²) in [5.74, 6) is 4.18. The molecule has 3 heteroatoms. The van der Waals surface area contributed by atoms with Crippen LogP contribution in [-0.4, -0.2) is 27.6 Å². The average molecular weight is 541 g/mol. The molecule has 2 nitrogen and oxygen atoms in total. The van der Waals surface area contributed by atoms with E-state index in [0.29, 0.717) is 35.0 Å². The van der Waals surface area contributed by atoms with Crippen molar-refractivity contribution in [2.24, 2.45) is 46.3 Å². The third-order valence-electron chi connectivity index (χ3n) is 12.5.